The number of halogens is 5. The van der Waals surface area contributed by atoms with Gasteiger partial charge < -0.3 is 30.0 Å². The largest absolute Gasteiger partial charge is 0.361 e. The van der Waals surface area contributed by atoms with Gasteiger partial charge in [0.05, 0.1) is 21.0 Å². The summed E-state index contributed by atoms with van der Waals surface area (Å²) in [7, 11) is 6.29. The molecule has 15 heteroatoms. The van der Waals surface area contributed by atoms with Crippen molar-refractivity contribution < 1.29 is 18.9 Å². The lowest BCUT2D eigenvalue weighted by molar-refractivity contribution is -0.112. The Morgan fingerprint density at radius 1 is 0.818 bits per heavy atom. The monoisotopic (exact) mass is 654 g/mol. The maximum Gasteiger partial charge on any atom is 0.224 e. The van der Waals surface area contributed by atoms with Crippen LogP contribution in [0.5, 0.6) is 0 Å². The molecule has 2 atom stereocenters. The van der Waals surface area contributed by atoms with Crippen LogP contribution in [0.1, 0.15) is 13.8 Å². The van der Waals surface area contributed by atoms with Crippen LogP contribution in [-0.2, 0) is 18.9 Å². The Hall–Kier alpha value is -0.410. The normalized spacial score (nSPS) is 12.4. The van der Waals surface area contributed by atoms with E-state index in [0.717, 1.165) is 4.47 Å². The molecule has 0 amide bonds. The van der Waals surface area contributed by atoms with E-state index in [4.69, 9.17) is 59.5 Å². The summed E-state index contributed by atoms with van der Waals surface area (Å²) >= 11 is 23.1. The Kier molecular flexibility index (Phi) is 17.7. The number of nitrogens with zero attached hydrogens (tertiary/aromatic N) is 4. The maximum absolute atomic E-state index is 5.70. The summed E-state index contributed by atoms with van der Waals surface area (Å²) in [4.78, 5) is 15.2. The van der Waals surface area contributed by atoms with Crippen molar-refractivity contribution in [2.24, 2.45) is 5.73 Å². The lowest BCUT2D eigenvalue weighted by Crippen LogP contribution is -2.34. The minimum atomic E-state index is -0.361. The van der Waals surface area contributed by atoms with Gasteiger partial charge in [0.1, 0.15) is 11.0 Å². The van der Waals surface area contributed by atoms with Crippen molar-refractivity contribution >= 4 is 72.5 Å². The smallest absolute Gasteiger partial charge is 0.224 e. The predicted octanol–water partition coefficient (Wildman–Crippen LogP) is 4.81. The van der Waals surface area contributed by atoms with E-state index in [0.29, 0.717) is 15.4 Å². The van der Waals surface area contributed by atoms with Gasteiger partial charge in [-0.3, -0.25) is 0 Å². The molecular weight excluding hydrogens is 630 g/mol. The van der Waals surface area contributed by atoms with Crippen LogP contribution in [0.2, 0.25) is 15.7 Å². The number of methoxy groups -OCH3 is 4. The third-order valence-corrected chi connectivity index (χ3v) is 5.56. The summed E-state index contributed by atoms with van der Waals surface area (Å²) in [6.07, 6.45) is 2.45. The summed E-state index contributed by atoms with van der Waals surface area (Å²) < 4.78 is 21.3. The number of nitrogens with two attached hydrogens (primary N) is 1. The molecule has 2 aromatic heterocycles. The van der Waals surface area contributed by atoms with Gasteiger partial charge in [-0.25, -0.2) is 15.0 Å². The van der Waals surface area contributed by atoms with Gasteiger partial charge in [0.2, 0.25) is 10.6 Å². The fourth-order valence-corrected chi connectivity index (χ4v) is 3.02. The molecule has 188 valence electrons. The van der Waals surface area contributed by atoms with Gasteiger partial charge in [-0.2, -0.15) is 4.98 Å². The second-order valence-electron chi connectivity index (χ2n) is 6.09. The highest BCUT2D eigenvalue weighted by Crippen LogP contribution is 2.22. The standard InChI is InChI=1S/C9H13BrClN3O2.C5H13NO2.C4HBrCl2N2/c1-5(8(15-2)16-3)13-7-6(10)4-12-9(11)14-7;1-4(6)5(7-2)8-3;5-2-1-8-4(7)9-3(2)6/h4-5,8H,1-3H3,(H,12,13,14);4-5H,6H2,1-3H3;1H. The Morgan fingerprint density at radius 2 is 1.27 bits per heavy atom. The molecular formula is C18H27Br2Cl3N6O4. The number of aromatic nitrogens is 4. The first-order chi connectivity index (χ1) is 15.5. The Balaban J connectivity index is 0.000000511. The van der Waals surface area contributed by atoms with E-state index in [1.165, 1.54) is 6.20 Å². The zero-order valence-corrected chi connectivity index (χ0v) is 24.3. The van der Waals surface area contributed by atoms with E-state index in [9.17, 15) is 0 Å². The first kappa shape index (κ1) is 32.6. The summed E-state index contributed by atoms with van der Waals surface area (Å²) in [5.74, 6) is 0.603. The highest BCUT2D eigenvalue weighted by Gasteiger charge is 2.17. The molecule has 2 aromatic rings. The average molecular weight is 658 g/mol. The molecule has 2 heterocycles. The van der Waals surface area contributed by atoms with Crippen molar-refractivity contribution in [1.29, 1.82) is 0 Å². The van der Waals surface area contributed by atoms with Crippen LogP contribution in [0.15, 0.2) is 21.3 Å². The first-order valence-electron chi connectivity index (χ1n) is 9.15. The molecule has 33 heavy (non-hydrogen) atoms. The molecule has 0 spiro atoms. The third-order valence-electron chi connectivity index (χ3n) is 3.52. The van der Waals surface area contributed by atoms with Gasteiger partial charge in [-0.05, 0) is 68.9 Å². The van der Waals surface area contributed by atoms with Crippen molar-refractivity contribution in [3.05, 3.63) is 37.1 Å². The van der Waals surface area contributed by atoms with Crippen LogP contribution in [0.25, 0.3) is 0 Å². The highest BCUT2D eigenvalue weighted by molar-refractivity contribution is 9.11. The van der Waals surface area contributed by atoms with Gasteiger partial charge in [-0.1, -0.05) is 11.6 Å². The van der Waals surface area contributed by atoms with Crippen LogP contribution >= 0.6 is 66.7 Å². The van der Waals surface area contributed by atoms with Crippen molar-refractivity contribution in [2.45, 2.75) is 38.5 Å². The summed E-state index contributed by atoms with van der Waals surface area (Å²) in [5, 5.41) is 3.79. The lowest BCUT2D eigenvalue weighted by atomic mass is 10.3. The van der Waals surface area contributed by atoms with E-state index in [2.05, 4.69) is 57.1 Å². The Bertz CT molecular complexity index is 821. The van der Waals surface area contributed by atoms with Gasteiger partial charge in [0.15, 0.2) is 12.6 Å². The molecule has 0 saturated heterocycles. The molecule has 10 nitrogen and oxygen atoms in total. The van der Waals surface area contributed by atoms with Crippen molar-refractivity contribution in [1.82, 2.24) is 19.9 Å². The van der Waals surface area contributed by atoms with E-state index in [1.54, 1.807) is 34.6 Å². The van der Waals surface area contributed by atoms with Gasteiger partial charge in [0, 0.05) is 40.8 Å². The molecule has 0 saturated carbocycles. The molecule has 0 aromatic carbocycles. The van der Waals surface area contributed by atoms with Gasteiger partial charge >= 0.3 is 0 Å². The third kappa shape index (κ3) is 13.3. The molecule has 0 aliphatic carbocycles. The predicted molar refractivity (Wildman–Crippen MR) is 137 cm³/mol. The fourth-order valence-electron chi connectivity index (χ4n) is 2.09. The van der Waals surface area contributed by atoms with Gasteiger partial charge in [-0.15, -0.1) is 0 Å². The number of hydrogen-bond acceptors (Lipinski definition) is 10. The zero-order chi connectivity index (χ0) is 25.6. The number of rotatable bonds is 8. The zero-order valence-electron chi connectivity index (χ0n) is 18.9. The number of nitrogens with one attached hydrogen (secondary N) is 1. The topological polar surface area (TPSA) is 127 Å². The molecule has 2 rings (SSSR count). The lowest BCUT2D eigenvalue weighted by Gasteiger charge is -2.22. The van der Waals surface area contributed by atoms with E-state index >= 15 is 0 Å². The summed E-state index contributed by atoms with van der Waals surface area (Å²) in [5.41, 5.74) is 5.41. The molecule has 0 radical (unpaired) electrons. The molecule has 0 aliphatic rings. The minimum absolute atomic E-state index is 0.0648. The van der Waals surface area contributed by atoms with E-state index in [-0.39, 0.29) is 35.2 Å². The van der Waals surface area contributed by atoms with Crippen molar-refractivity contribution in [2.75, 3.05) is 33.8 Å². The summed E-state index contributed by atoms with van der Waals surface area (Å²) in [6.45, 7) is 3.75. The Labute approximate surface area is 225 Å². The van der Waals surface area contributed by atoms with Crippen LogP contribution in [0, 0.1) is 0 Å². The quantitative estimate of drug-likeness (QED) is 0.232. The van der Waals surface area contributed by atoms with Crippen molar-refractivity contribution in [3.8, 4) is 0 Å². The van der Waals surface area contributed by atoms with Crippen molar-refractivity contribution in [3.63, 3.8) is 0 Å². The van der Waals surface area contributed by atoms with Crippen LogP contribution in [0.3, 0.4) is 0 Å². The molecule has 0 bridgehead atoms. The van der Waals surface area contributed by atoms with E-state index in [1.807, 2.05) is 13.8 Å². The van der Waals surface area contributed by atoms with E-state index < -0.39 is 0 Å². The highest BCUT2D eigenvalue weighted by atomic mass is 79.9. The minimum Gasteiger partial charge on any atom is -0.361 e. The SMILES string of the molecule is COC(OC)C(C)N.COC(OC)C(C)Nc1nc(Cl)ncc1Br.Clc1ncc(Br)c(Cl)n1. The second kappa shape index (κ2) is 17.9. The van der Waals surface area contributed by atoms with Crippen LogP contribution in [0.4, 0.5) is 5.82 Å². The summed E-state index contributed by atoms with van der Waals surface area (Å²) in [6, 6.07) is -0.137. The second-order valence-corrected chi connectivity index (χ2v) is 8.83. The molecule has 0 aliphatic heterocycles. The maximum atomic E-state index is 5.70. The molecule has 0 fully saturated rings. The fraction of sp³-hybridized carbons (Fsp3) is 0.556. The Morgan fingerprint density at radius 3 is 1.64 bits per heavy atom. The number of anilines is 1. The average Bonchev–Trinajstić information content (AvgIpc) is 2.76. The number of ether oxygens (including phenoxy) is 4. The van der Waals surface area contributed by atoms with Crippen LogP contribution < -0.4 is 11.1 Å². The molecule has 3 N–H and O–H groups in total. The molecule has 2 unspecified atom stereocenters. The van der Waals surface area contributed by atoms with Crippen LogP contribution in [-0.4, -0.2) is 73.0 Å². The first-order valence-corrected chi connectivity index (χ1v) is 11.9. The number of hydrogen-bond donors (Lipinski definition) is 2. The van der Waals surface area contributed by atoms with Gasteiger partial charge in [0.25, 0.3) is 0 Å².